The zero-order valence-corrected chi connectivity index (χ0v) is 11.7. The number of anilines is 2. The Morgan fingerprint density at radius 3 is 2.44 bits per heavy atom. The van der Waals surface area contributed by atoms with E-state index in [0.29, 0.717) is 4.99 Å². The molecule has 96 valence electrons. The number of hydrogen-bond donors (Lipinski definition) is 2. The fraction of sp³-hybridized carbons (Fsp3) is 0.364. The third kappa shape index (κ3) is 2.08. The highest BCUT2D eigenvalue weighted by molar-refractivity contribution is 7.80. The first-order chi connectivity index (χ1) is 8.40. The molecule has 0 saturated carbocycles. The van der Waals surface area contributed by atoms with Gasteiger partial charge in [-0.25, -0.2) is 0 Å². The van der Waals surface area contributed by atoms with Crippen LogP contribution >= 0.6 is 12.2 Å². The Balaban J connectivity index is 2.42. The molecule has 0 aromatic carbocycles. The highest BCUT2D eigenvalue weighted by Gasteiger charge is 2.16. The predicted octanol–water partition coefficient (Wildman–Crippen LogP) is 1.15. The molecule has 0 aliphatic rings. The number of nitrogens with one attached hydrogen (secondary N) is 1. The molecule has 0 bridgehead atoms. The summed E-state index contributed by atoms with van der Waals surface area (Å²) in [6.07, 6.45) is 0. The third-order valence-electron chi connectivity index (χ3n) is 2.83. The van der Waals surface area contributed by atoms with Crippen LogP contribution in [0.15, 0.2) is 6.07 Å². The largest absolute Gasteiger partial charge is 0.389 e. The second kappa shape index (κ2) is 4.41. The summed E-state index contributed by atoms with van der Waals surface area (Å²) in [5, 5.41) is 11.9. The first kappa shape index (κ1) is 12.6. The number of nitrogens with zero attached hydrogens (tertiary/aromatic N) is 4. The Kier molecular flexibility index (Phi) is 3.08. The van der Waals surface area contributed by atoms with Crippen molar-refractivity contribution in [2.75, 3.05) is 5.32 Å². The number of aromatic nitrogens is 4. The SMILES string of the molecule is Cc1nn(C)c(Nc2cc(C)n(C)n2)c1C(N)=S. The number of nitrogens with two attached hydrogens (primary N) is 1. The quantitative estimate of drug-likeness (QED) is 0.813. The van der Waals surface area contributed by atoms with Crippen molar-refractivity contribution in [3.8, 4) is 0 Å². The number of aryl methyl sites for hydroxylation is 4. The van der Waals surface area contributed by atoms with Crippen LogP contribution in [0, 0.1) is 13.8 Å². The molecule has 6 nitrogen and oxygen atoms in total. The van der Waals surface area contributed by atoms with Gasteiger partial charge >= 0.3 is 0 Å². The van der Waals surface area contributed by atoms with Gasteiger partial charge in [0.25, 0.3) is 0 Å². The molecular weight excluding hydrogens is 248 g/mol. The average molecular weight is 264 g/mol. The van der Waals surface area contributed by atoms with E-state index in [1.807, 2.05) is 34.0 Å². The molecule has 0 radical (unpaired) electrons. The van der Waals surface area contributed by atoms with Crippen LogP contribution in [-0.4, -0.2) is 24.5 Å². The molecule has 0 spiro atoms. The summed E-state index contributed by atoms with van der Waals surface area (Å²) in [6, 6.07) is 1.95. The lowest BCUT2D eigenvalue weighted by Gasteiger charge is -2.06. The zero-order valence-electron chi connectivity index (χ0n) is 10.9. The Bertz CT molecular complexity index is 590. The van der Waals surface area contributed by atoms with Crippen molar-refractivity contribution in [3.63, 3.8) is 0 Å². The molecular formula is C11H16N6S. The van der Waals surface area contributed by atoms with Crippen molar-refractivity contribution < 1.29 is 0 Å². The minimum atomic E-state index is 0.329. The van der Waals surface area contributed by atoms with E-state index in [4.69, 9.17) is 18.0 Å². The van der Waals surface area contributed by atoms with Crippen molar-refractivity contribution >= 4 is 28.8 Å². The summed E-state index contributed by atoms with van der Waals surface area (Å²) in [5.41, 5.74) is 8.36. The van der Waals surface area contributed by atoms with Gasteiger partial charge in [0.15, 0.2) is 5.82 Å². The Morgan fingerprint density at radius 2 is 1.94 bits per heavy atom. The van der Waals surface area contributed by atoms with Crippen LogP contribution < -0.4 is 11.1 Å². The molecule has 2 aromatic heterocycles. The second-order valence-corrected chi connectivity index (χ2v) is 4.66. The molecule has 0 saturated heterocycles. The summed E-state index contributed by atoms with van der Waals surface area (Å²) < 4.78 is 3.51. The van der Waals surface area contributed by atoms with Gasteiger partial charge in [-0.3, -0.25) is 9.36 Å². The van der Waals surface area contributed by atoms with Gasteiger partial charge in [-0.15, -0.1) is 0 Å². The normalized spacial score (nSPS) is 10.7. The van der Waals surface area contributed by atoms with Crippen molar-refractivity contribution in [1.82, 2.24) is 19.6 Å². The van der Waals surface area contributed by atoms with Gasteiger partial charge in [-0.05, 0) is 13.8 Å². The van der Waals surface area contributed by atoms with Gasteiger partial charge in [0.1, 0.15) is 10.8 Å². The second-order valence-electron chi connectivity index (χ2n) is 4.22. The molecule has 2 rings (SSSR count). The Labute approximate surface area is 111 Å². The number of rotatable bonds is 3. The van der Waals surface area contributed by atoms with Crippen LogP contribution in [-0.2, 0) is 14.1 Å². The van der Waals surface area contributed by atoms with Crippen LogP contribution in [0.25, 0.3) is 0 Å². The van der Waals surface area contributed by atoms with E-state index in [9.17, 15) is 0 Å². The van der Waals surface area contributed by atoms with Crippen molar-refractivity contribution in [2.24, 2.45) is 19.8 Å². The van der Waals surface area contributed by atoms with Gasteiger partial charge in [-0.2, -0.15) is 10.2 Å². The monoisotopic (exact) mass is 264 g/mol. The maximum Gasteiger partial charge on any atom is 0.153 e. The van der Waals surface area contributed by atoms with Crippen LogP contribution in [0.1, 0.15) is 17.0 Å². The molecule has 0 aliphatic carbocycles. The number of thiocarbonyl (C=S) groups is 1. The van der Waals surface area contributed by atoms with E-state index in [1.165, 1.54) is 0 Å². The molecule has 3 N–H and O–H groups in total. The molecule has 2 aromatic rings. The standard InChI is InChI=1S/C11H16N6S/c1-6-5-8(15-16(6)3)13-11-9(10(12)18)7(2)14-17(11)4/h5H,1-4H3,(H2,12,18)(H,13,15). The lowest BCUT2D eigenvalue weighted by atomic mass is 10.2. The predicted molar refractivity (Wildman–Crippen MR) is 75.1 cm³/mol. The van der Waals surface area contributed by atoms with E-state index in [1.54, 1.807) is 9.36 Å². The Hall–Kier alpha value is -1.89. The average Bonchev–Trinajstić information content (AvgIpc) is 2.69. The van der Waals surface area contributed by atoms with Gasteiger partial charge in [0.2, 0.25) is 0 Å². The van der Waals surface area contributed by atoms with E-state index in [-0.39, 0.29) is 0 Å². The van der Waals surface area contributed by atoms with E-state index in [0.717, 1.165) is 28.6 Å². The summed E-state index contributed by atoms with van der Waals surface area (Å²) >= 11 is 5.06. The van der Waals surface area contributed by atoms with E-state index >= 15 is 0 Å². The van der Waals surface area contributed by atoms with Crippen LogP contribution in [0.3, 0.4) is 0 Å². The lowest BCUT2D eigenvalue weighted by molar-refractivity contribution is 0.739. The van der Waals surface area contributed by atoms with E-state index < -0.39 is 0 Å². The fourth-order valence-electron chi connectivity index (χ4n) is 1.84. The van der Waals surface area contributed by atoms with Crippen LogP contribution in [0.5, 0.6) is 0 Å². The van der Waals surface area contributed by atoms with Gasteiger partial charge < -0.3 is 11.1 Å². The summed E-state index contributed by atoms with van der Waals surface area (Å²) in [5.74, 6) is 1.51. The highest BCUT2D eigenvalue weighted by Crippen LogP contribution is 2.22. The van der Waals surface area contributed by atoms with Crippen molar-refractivity contribution in [1.29, 1.82) is 0 Å². The first-order valence-electron chi connectivity index (χ1n) is 5.51. The first-order valence-corrected chi connectivity index (χ1v) is 5.92. The molecule has 0 amide bonds. The lowest BCUT2D eigenvalue weighted by Crippen LogP contribution is -2.13. The maximum absolute atomic E-state index is 5.73. The molecule has 0 atom stereocenters. The van der Waals surface area contributed by atoms with Crippen molar-refractivity contribution in [3.05, 3.63) is 23.0 Å². The molecule has 7 heteroatoms. The summed E-state index contributed by atoms with van der Waals surface area (Å²) in [7, 11) is 3.73. The third-order valence-corrected chi connectivity index (χ3v) is 3.03. The minimum Gasteiger partial charge on any atom is -0.389 e. The molecule has 0 fully saturated rings. The fourth-order valence-corrected chi connectivity index (χ4v) is 2.08. The van der Waals surface area contributed by atoms with Gasteiger partial charge in [0.05, 0.1) is 11.3 Å². The maximum atomic E-state index is 5.73. The van der Waals surface area contributed by atoms with Gasteiger partial charge in [-0.1, -0.05) is 12.2 Å². The summed E-state index contributed by atoms with van der Waals surface area (Å²) in [6.45, 7) is 3.87. The Morgan fingerprint density at radius 1 is 1.28 bits per heavy atom. The van der Waals surface area contributed by atoms with Crippen molar-refractivity contribution in [2.45, 2.75) is 13.8 Å². The topological polar surface area (TPSA) is 73.7 Å². The minimum absolute atomic E-state index is 0.329. The van der Waals surface area contributed by atoms with Crippen LogP contribution in [0.2, 0.25) is 0 Å². The zero-order chi connectivity index (χ0) is 13.4. The smallest absolute Gasteiger partial charge is 0.153 e. The van der Waals surface area contributed by atoms with E-state index in [2.05, 4.69) is 15.5 Å². The number of hydrogen-bond acceptors (Lipinski definition) is 4. The molecule has 0 aliphatic heterocycles. The highest BCUT2D eigenvalue weighted by atomic mass is 32.1. The summed E-state index contributed by atoms with van der Waals surface area (Å²) in [4.78, 5) is 0.329. The molecule has 18 heavy (non-hydrogen) atoms. The van der Waals surface area contributed by atoms with Crippen LogP contribution in [0.4, 0.5) is 11.6 Å². The molecule has 2 heterocycles. The van der Waals surface area contributed by atoms with Gasteiger partial charge in [0, 0.05) is 25.9 Å². The molecule has 0 unspecified atom stereocenters.